The third kappa shape index (κ3) is 6.84. The van der Waals surface area contributed by atoms with Crippen LogP contribution in [0.15, 0.2) is 0 Å². The van der Waals surface area contributed by atoms with Gasteiger partial charge in [-0.05, 0) is 38.3 Å². The van der Waals surface area contributed by atoms with Crippen LogP contribution in [-0.2, 0) is 0 Å². The lowest BCUT2D eigenvalue weighted by molar-refractivity contribution is -0.659. The highest BCUT2D eigenvalue weighted by Gasteiger charge is 2.12. The monoisotopic (exact) mass is 216 g/mol. The molecule has 0 aromatic carbocycles. The Balaban J connectivity index is 1.79. The molecule has 0 amide bonds. The first-order valence-corrected chi connectivity index (χ1v) is 6.46. The lowest BCUT2D eigenvalue weighted by Gasteiger charge is -2.21. The summed E-state index contributed by atoms with van der Waals surface area (Å²) in [6.45, 7) is 6.97. The van der Waals surface area contributed by atoms with E-state index in [0.717, 1.165) is 25.7 Å². The first kappa shape index (κ1) is 12.9. The van der Waals surface area contributed by atoms with E-state index in [1.54, 1.807) is 0 Å². The minimum Gasteiger partial charge on any atom is -0.358 e. The predicted molar refractivity (Wildman–Crippen MR) is 62.2 cm³/mol. The topological polar surface area (TPSA) is 68.3 Å². The molecule has 7 N–H and O–H groups in total. The van der Waals surface area contributed by atoms with Crippen molar-refractivity contribution in [3.8, 4) is 0 Å². The van der Waals surface area contributed by atoms with Crippen molar-refractivity contribution in [1.29, 1.82) is 0 Å². The maximum atomic E-state index is 3.82. The van der Waals surface area contributed by atoms with E-state index in [-0.39, 0.29) is 0 Å². The van der Waals surface area contributed by atoms with E-state index in [1.165, 1.54) is 45.3 Å². The van der Waals surface area contributed by atoms with Crippen LogP contribution in [0.2, 0.25) is 0 Å². The van der Waals surface area contributed by atoms with Crippen molar-refractivity contribution in [2.24, 2.45) is 5.92 Å². The number of nitrogens with two attached hydrogens (primary N) is 1. The van der Waals surface area contributed by atoms with Crippen LogP contribution >= 0.6 is 0 Å². The largest absolute Gasteiger partial charge is 0.358 e. The summed E-state index contributed by atoms with van der Waals surface area (Å²) < 4.78 is 0. The zero-order valence-electron chi connectivity index (χ0n) is 9.93. The number of rotatable bonds is 8. The molecule has 1 aliphatic heterocycles. The van der Waals surface area contributed by atoms with E-state index in [9.17, 15) is 0 Å². The van der Waals surface area contributed by atoms with Crippen LogP contribution in [-0.4, -0.2) is 39.4 Å². The van der Waals surface area contributed by atoms with E-state index < -0.39 is 0 Å². The van der Waals surface area contributed by atoms with Crippen molar-refractivity contribution in [3.05, 3.63) is 0 Å². The maximum Gasteiger partial charge on any atom is 0.129 e. The number of hydrogen-bond acceptors (Lipinski definition) is 2. The molecule has 0 aromatic rings. The smallest absolute Gasteiger partial charge is 0.129 e. The average Bonchev–Trinajstić information content (AvgIpc) is 2.29. The second kappa shape index (κ2) is 9.09. The van der Waals surface area contributed by atoms with Gasteiger partial charge >= 0.3 is 0 Å². The van der Waals surface area contributed by atoms with Gasteiger partial charge in [-0.15, -0.1) is 0 Å². The first-order valence-electron chi connectivity index (χ1n) is 6.46. The van der Waals surface area contributed by atoms with Gasteiger partial charge < -0.3 is 16.4 Å². The normalized spacial score (nSPS) is 18.2. The van der Waals surface area contributed by atoms with Gasteiger partial charge in [0.05, 0.1) is 13.1 Å². The van der Waals surface area contributed by atoms with E-state index in [2.05, 4.69) is 21.7 Å². The van der Waals surface area contributed by atoms with Gasteiger partial charge in [0, 0.05) is 13.0 Å². The minimum absolute atomic E-state index is 0.974. The van der Waals surface area contributed by atoms with Crippen molar-refractivity contribution < 1.29 is 11.1 Å². The van der Waals surface area contributed by atoms with Crippen molar-refractivity contribution in [2.75, 3.05) is 39.4 Å². The third-order valence-corrected chi connectivity index (χ3v) is 3.13. The molecule has 0 spiro atoms. The highest BCUT2D eigenvalue weighted by atomic mass is 15.0. The third-order valence-electron chi connectivity index (χ3n) is 3.13. The quantitative estimate of drug-likeness (QED) is 0.283. The summed E-state index contributed by atoms with van der Waals surface area (Å²) in [5.41, 5.74) is 3.82. The number of hydrogen-bond donors (Lipinski definition) is 4. The van der Waals surface area contributed by atoms with E-state index in [4.69, 9.17) is 0 Å². The highest BCUT2D eigenvalue weighted by Crippen LogP contribution is 2.13. The summed E-state index contributed by atoms with van der Waals surface area (Å²) in [5.74, 6) is 0.974. The molecule has 4 heteroatoms. The Labute approximate surface area is 93.4 Å². The van der Waals surface area contributed by atoms with Gasteiger partial charge in [-0.25, -0.2) is 0 Å². The molecule has 0 atom stereocenters. The molecule has 4 nitrogen and oxygen atoms in total. The molecule has 0 radical (unpaired) electrons. The molecule has 1 heterocycles. The number of nitrogens with one attached hydrogen (secondary N) is 2. The Bertz CT molecular complexity index is 135. The van der Waals surface area contributed by atoms with Crippen LogP contribution in [0.3, 0.4) is 0 Å². The molecule has 1 saturated heterocycles. The van der Waals surface area contributed by atoms with Gasteiger partial charge in [0.2, 0.25) is 0 Å². The van der Waals surface area contributed by atoms with Crippen LogP contribution in [0.25, 0.3) is 0 Å². The zero-order chi connectivity index (χ0) is 10.8. The Morgan fingerprint density at radius 1 is 1.33 bits per heavy atom. The van der Waals surface area contributed by atoms with E-state index in [0.29, 0.717) is 0 Å². The Hall–Kier alpha value is -0.160. The fourth-order valence-electron chi connectivity index (χ4n) is 2.08. The van der Waals surface area contributed by atoms with E-state index in [1.807, 2.05) is 0 Å². The highest BCUT2D eigenvalue weighted by molar-refractivity contribution is 4.67. The van der Waals surface area contributed by atoms with Gasteiger partial charge in [-0.2, -0.15) is 0 Å². The molecule has 90 valence electrons. The summed E-state index contributed by atoms with van der Waals surface area (Å²) in [4.78, 5) is 0. The molecular formula is C11H28N4+2. The minimum atomic E-state index is 0.974. The summed E-state index contributed by atoms with van der Waals surface area (Å²) >= 11 is 0. The summed E-state index contributed by atoms with van der Waals surface area (Å²) in [6, 6.07) is 0. The molecule has 1 aliphatic rings. The van der Waals surface area contributed by atoms with Crippen molar-refractivity contribution >= 4 is 0 Å². The van der Waals surface area contributed by atoms with Crippen molar-refractivity contribution in [2.45, 2.75) is 25.7 Å². The Morgan fingerprint density at radius 2 is 2.13 bits per heavy atom. The Kier molecular flexibility index (Phi) is 7.83. The zero-order valence-corrected chi connectivity index (χ0v) is 9.93. The van der Waals surface area contributed by atoms with Crippen LogP contribution < -0.4 is 21.7 Å². The lowest BCUT2D eigenvalue weighted by atomic mass is 9.95. The predicted octanol–water partition coefficient (Wildman–Crippen LogP) is -1.88. The fourth-order valence-corrected chi connectivity index (χ4v) is 2.08. The second-order valence-electron chi connectivity index (χ2n) is 4.47. The maximum absolute atomic E-state index is 3.82. The van der Waals surface area contributed by atoms with Crippen LogP contribution in [0.1, 0.15) is 25.7 Å². The van der Waals surface area contributed by atoms with Gasteiger partial charge in [-0.1, -0.05) is 0 Å². The summed E-state index contributed by atoms with van der Waals surface area (Å²) in [6.07, 6.45) is 5.34. The fraction of sp³-hybridized carbons (Fsp3) is 1.00. The second-order valence-corrected chi connectivity index (χ2v) is 4.47. The molecule has 0 aliphatic carbocycles. The number of piperidine rings is 1. The molecule has 1 rings (SSSR count). The van der Waals surface area contributed by atoms with Gasteiger partial charge in [-0.3, -0.25) is 5.32 Å². The SMILES string of the molecule is [NH3+]CCCNC[NH2+]CCC1CCNCC1. The standard InChI is InChI=1S/C11H26N4/c12-5-1-6-14-10-15-9-4-11-2-7-13-8-3-11/h11,13-15H,1-10,12H2/p+2. The molecule has 0 bridgehead atoms. The first-order chi connectivity index (χ1) is 7.43. The Morgan fingerprint density at radius 3 is 2.87 bits per heavy atom. The average molecular weight is 216 g/mol. The molecule has 15 heavy (non-hydrogen) atoms. The van der Waals surface area contributed by atoms with E-state index >= 15 is 0 Å². The molecule has 1 fully saturated rings. The summed E-state index contributed by atoms with van der Waals surface area (Å²) in [7, 11) is 0. The molecule has 0 saturated carbocycles. The molecular weight excluding hydrogens is 188 g/mol. The number of quaternary nitrogens is 2. The lowest BCUT2D eigenvalue weighted by Crippen LogP contribution is -2.87. The molecule has 0 unspecified atom stereocenters. The van der Waals surface area contributed by atoms with Crippen LogP contribution in [0.4, 0.5) is 0 Å². The van der Waals surface area contributed by atoms with Crippen LogP contribution in [0, 0.1) is 5.92 Å². The van der Waals surface area contributed by atoms with Crippen molar-refractivity contribution in [1.82, 2.24) is 10.6 Å². The van der Waals surface area contributed by atoms with Crippen LogP contribution in [0.5, 0.6) is 0 Å². The van der Waals surface area contributed by atoms with Gasteiger partial charge in [0.25, 0.3) is 0 Å². The summed E-state index contributed by atoms with van der Waals surface area (Å²) in [5, 5.41) is 9.22. The van der Waals surface area contributed by atoms with Gasteiger partial charge in [0.1, 0.15) is 6.67 Å². The van der Waals surface area contributed by atoms with Gasteiger partial charge in [0.15, 0.2) is 0 Å². The van der Waals surface area contributed by atoms with Crippen molar-refractivity contribution in [3.63, 3.8) is 0 Å². The molecule has 0 aromatic heterocycles.